The Kier molecular flexibility index (Phi) is 10.6. The summed E-state index contributed by atoms with van der Waals surface area (Å²) in [4.78, 5) is 8.82. The summed E-state index contributed by atoms with van der Waals surface area (Å²) >= 11 is 0. The van der Waals surface area contributed by atoms with E-state index in [0.717, 1.165) is 11.4 Å². The number of hydrogen-bond acceptors (Lipinski definition) is 2. The Morgan fingerprint density at radius 2 is 0.971 bits per heavy atom. The molecule has 0 bridgehead atoms. The van der Waals surface area contributed by atoms with E-state index in [4.69, 9.17) is 0 Å². The van der Waals surface area contributed by atoms with Gasteiger partial charge in [-0.3, -0.25) is 9.97 Å². The van der Waals surface area contributed by atoms with Crippen molar-refractivity contribution in [2.75, 3.05) is 0 Å². The standard InChI is InChI=1S/2C15H12N.2ClH.Zr/c2*1-11-9-12-5-4-6-13(14(12)10-11)15-7-2-3-8-16-15;;;/h2*2-10H,1H3;2*1H;/q2*-1;;;+4/p-2. The monoisotopic (exact) mass is 572 g/mol. The Hall–Kier alpha value is -2.58. The predicted octanol–water partition coefficient (Wildman–Crippen LogP) is 1.86. The van der Waals surface area contributed by atoms with E-state index in [0.29, 0.717) is 0 Å². The van der Waals surface area contributed by atoms with Gasteiger partial charge in [-0.2, -0.15) is 12.1 Å². The topological polar surface area (TPSA) is 25.8 Å². The van der Waals surface area contributed by atoms with Gasteiger partial charge >= 0.3 is 26.2 Å². The first-order valence-electron chi connectivity index (χ1n) is 10.8. The molecular formula is C30H24Cl2N2Zr. The van der Waals surface area contributed by atoms with E-state index >= 15 is 0 Å². The molecule has 4 aromatic carbocycles. The Labute approximate surface area is 238 Å². The Morgan fingerprint density at radius 1 is 0.543 bits per heavy atom. The first kappa shape index (κ1) is 28.7. The molecule has 5 heteroatoms. The summed E-state index contributed by atoms with van der Waals surface area (Å²) in [6.07, 6.45) is 3.67. The van der Waals surface area contributed by atoms with E-state index in [-0.39, 0.29) is 51.0 Å². The molecule has 172 valence electrons. The molecule has 2 heterocycles. The minimum atomic E-state index is 0. The molecule has 0 unspecified atom stereocenters. The maximum atomic E-state index is 4.41. The molecule has 6 rings (SSSR count). The van der Waals surface area contributed by atoms with Crippen molar-refractivity contribution in [1.82, 2.24) is 9.97 Å². The molecule has 6 aromatic rings. The summed E-state index contributed by atoms with van der Waals surface area (Å²) < 4.78 is 0. The van der Waals surface area contributed by atoms with Gasteiger partial charge in [-0.25, -0.2) is 0 Å². The molecule has 0 aliphatic rings. The fourth-order valence-corrected chi connectivity index (χ4v) is 4.26. The number of fused-ring (bicyclic) bond motifs is 2. The van der Waals surface area contributed by atoms with Crippen LogP contribution in [-0.2, 0) is 26.2 Å². The molecule has 0 amide bonds. The third-order valence-electron chi connectivity index (χ3n) is 5.67. The molecule has 0 fully saturated rings. The summed E-state index contributed by atoms with van der Waals surface area (Å²) in [6, 6.07) is 33.6. The third-order valence-corrected chi connectivity index (χ3v) is 5.67. The number of nitrogens with zero attached hydrogens (tertiary/aromatic N) is 2. The summed E-state index contributed by atoms with van der Waals surface area (Å²) in [5.74, 6) is 0. The molecule has 35 heavy (non-hydrogen) atoms. The zero-order valence-corrected chi connectivity index (χ0v) is 23.5. The van der Waals surface area contributed by atoms with E-state index in [1.54, 1.807) is 0 Å². The van der Waals surface area contributed by atoms with Crippen LogP contribution >= 0.6 is 0 Å². The zero-order valence-electron chi connectivity index (χ0n) is 19.5. The van der Waals surface area contributed by atoms with E-state index < -0.39 is 0 Å². The van der Waals surface area contributed by atoms with Crippen molar-refractivity contribution in [2.24, 2.45) is 0 Å². The second-order valence-corrected chi connectivity index (χ2v) is 8.11. The summed E-state index contributed by atoms with van der Waals surface area (Å²) in [7, 11) is 0. The summed E-state index contributed by atoms with van der Waals surface area (Å²) in [5, 5.41) is 5.17. The normalized spacial score (nSPS) is 9.89. The van der Waals surface area contributed by atoms with E-state index in [9.17, 15) is 0 Å². The van der Waals surface area contributed by atoms with Gasteiger partial charge < -0.3 is 24.8 Å². The second-order valence-electron chi connectivity index (χ2n) is 8.11. The minimum Gasteiger partial charge on any atom is -1.00 e. The van der Waals surface area contributed by atoms with Crippen LogP contribution in [0.3, 0.4) is 0 Å². The molecule has 0 aliphatic carbocycles. The van der Waals surface area contributed by atoms with Crippen molar-refractivity contribution in [2.45, 2.75) is 13.8 Å². The van der Waals surface area contributed by atoms with Gasteiger partial charge in [0, 0.05) is 12.4 Å². The van der Waals surface area contributed by atoms with Crippen LogP contribution in [0.2, 0.25) is 0 Å². The maximum Gasteiger partial charge on any atom is 4.00 e. The van der Waals surface area contributed by atoms with E-state index in [1.807, 2.05) is 36.7 Å². The molecule has 0 N–H and O–H groups in total. The maximum absolute atomic E-state index is 4.41. The van der Waals surface area contributed by atoms with Crippen LogP contribution in [0, 0.1) is 13.8 Å². The Morgan fingerprint density at radius 3 is 1.34 bits per heavy atom. The number of aromatic nitrogens is 2. The SMILES string of the molecule is Cc1cc2c(-c3ccccn3)cccc2[cH-]1.Cc1cc2c(-c3ccccn3)cccc2[cH-]1.[Cl-].[Cl-].[Zr+4]. The first-order chi connectivity index (χ1) is 15.7. The van der Waals surface area contributed by atoms with Gasteiger partial charge in [0.15, 0.2) is 0 Å². The average Bonchev–Trinajstić information content (AvgIpc) is 3.41. The first-order valence-corrected chi connectivity index (χ1v) is 10.8. The van der Waals surface area contributed by atoms with Crippen LogP contribution in [0.15, 0.2) is 109 Å². The summed E-state index contributed by atoms with van der Waals surface area (Å²) in [6.45, 7) is 4.25. The van der Waals surface area contributed by atoms with Crippen molar-refractivity contribution in [3.8, 4) is 22.5 Å². The Balaban J connectivity index is 0.000000227. The molecule has 0 atom stereocenters. The van der Waals surface area contributed by atoms with Crippen LogP contribution in [0.25, 0.3) is 44.1 Å². The average molecular weight is 575 g/mol. The van der Waals surface area contributed by atoms with Crippen molar-refractivity contribution < 1.29 is 51.0 Å². The number of rotatable bonds is 2. The Bertz CT molecular complexity index is 1370. The number of hydrogen-bond donors (Lipinski definition) is 0. The van der Waals surface area contributed by atoms with Crippen molar-refractivity contribution in [3.05, 3.63) is 121 Å². The van der Waals surface area contributed by atoms with Crippen LogP contribution in [-0.4, -0.2) is 9.97 Å². The molecular weight excluding hydrogens is 550 g/mol. The van der Waals surface area contributed by atoms with Crippen molar-refractivity contribution in [1.29, 1.82) is 0 Å². The largest absolute Gasteiger partial charge is 4.00 e. The van der Waals surface area contributed by atoms with Gasteiger partial charge in [-0.05, 0) is 35.4 Å². The molecule has 0 saturated heterocycles. The summed E-state index contributed by atoms with van der Waals surface area (Å²) in [5.41, 5.74) is 7.12. The van der Waals surface area contributed by atoms with Gasteiger partial charge in [0.1, 0.15) is 0 Å². The number of aryl methyl sites for hydroxylation is 2. The molecule has 2 aromatic heterocycles. The van der Waals surface area contributed by atoms with Gasteiger partial charge in [0.25, 0.3) is 0 Å². The van der Waals surface area contributed by atoms with Crippen LogP contribution in [0.5, 0.6) is 0 Å². The molecule has 2 nitrogen and oxygen atoms in total. The number of halogens is 2. The second kappa shape index (κ2) is 12.9. The van der Waals surface area contributed by atoms with Crippen LogP contribution < -0.4 is 24.8 Å². The third kappa shape index (κ3) is 6.36. The van der Waals surface area contributed by atoms with Crippen molar-refractivity contribution in [3.63, 3.8) is 0 Å². The number of benzene rings is 2. The number of pyridine rings is 2. The smallest absolute Gasteiger partial charge is 1.00 e. The predicted molar refractivity (Wildman–Crippen MR) is 135 cm³/mol. The fourth-order valence-electron chi connectivity index (χ4n) is 4.26. The van der Waals surface area contributed by atoms with E-state index in [2.05, 4.69) is 96.6 Å². The molecule has 0 aliphatic heterocycles. The van der Waals surface area contributed by atoms with Crippen LogP contribution in [0.1, 0.15) is 11.1 Å². The molecule has 0 saturated carbocycles. The minimum absolute atomic E-state index is 0. The van der Waals surface area contributed by atoms with Gasteiger partial charge in [-0.15, -0.1) is 69.1 Å². The van der Waals surface area contributed by atoms with E-state index in [1.165, 1.54) is 43.8 Å². The van der Waals surface area contributed by atoms with Crippen molar-refractivity contribution >= 4 is 21.5 Å². The fraction of sp³-hybridized carbons (Fsp3) is 0.0667. The molecule has 0 radical (unpaired) electrons. The van der Waals surface area contributed by atoms with Gasteiger partial charge in [0.05, 0.1) is 11.4 Å². The van der Waals surface area contributed by atoms with Crippen LogP contribution in [0.4, 0.5) is 0 Å². The quantitative estimate of drug-likeness (QED) is 0.295. The van der Waals surface area contributed by atoms with Gasteiger partial charge in [0.2, 0.25) is 0 Å². The molecule has 0 spiro atoms. The van der Waals surface area contributed by atoms with Gasteiger partial charge in [-0.1, -0.05) is 38.1 Å². The zero-order chi connectivity index (χ0) is 21.9.